The lowest BCUT2D eigenvalue weighted by Crippen LogP contribution is -2.26. The maximum Gasteiger partial charge on any atom is 0.0443 e. The molecule has 1 N–H and O–H groups in total. The van der Waals surface area contributed by atoms with Crippen LogP contribution in [0.15, 0.2) is 24.3 Å². The summed E-state index contributed by atoms with van der Waals surface area (Å²) in [6.07, 6.45) is 1.25. The molecule has 0 aliphatic heterocycles. The SMILES string of the molecule is CC(C)NCC1CC1(C)c1ccccc1Cl. The third-order valence-electron chi connectivity index (χ3n) is 3.67. The van der Waals surface area contributed by atoms with E-state index < -0.39 is 0 Å². The molecular formula is C14H20ClN. The summed E-state index contributed by atoms with van der Waals surface area (Å²) in [6.45, 7) is 7.80. The monoisotopic (exact) mass is 237 g/mol. The molecule has 2 rings (SSSR count). The predicted molar refractivity (Wildman–Crippen MR) is 70.0 cm³/mol. The van der Waals surface area contributed by atoms with Crippen molar-refractivity contribution in [3.63, 3.8) is 0 Å². The Kier molecular flexibility index (Phi) is 3.27. The summed E-state index contributed by atoms with van der Waals surface area (Å²) in [5.41, 5.74) is 1.60. The van der Waals surface area contributed by atoms with Crippen molar-refractivity contribution in [1.29, 1.82) is 0 Å². The van der Waals surface area contributed by atoms with Crippen LogP contribution in [0.4, 0.5) is 0 Å². The normalized spacial score (nSPS) is 28.4. The molecular weight excluding hydrogens is 218 g/mol. The van der Waals surface area contributed by atoms with Crippen molar-refractivity contribution >= 4 is 11.6 Å². The van der Waals surface area contributed by atoms with Crippen LogP contribution in [0.3, 0.4) is 0 Å². The zero-order chi connectivity index (χ0) is 11.8. The van der Waals surface area contributed by atoms with E-state index in [1.54, 1.807) is 0 Å². The molecule has 1 saturated carbocycles. The average Bonchev–Trinajstić information content (AvgIpc) is 2.88. The molecule has 1 nitrogen and oxygen atoms in total. The van der Waals surface area contributed by atoms with E-state index in [-0.39, 0.29) is 0 Å². The molecule has 1 aromatic carbocycles. The van der Waals surface area contributed by atoms with Crippen LogP contribution in [0.2, 0.25) is 5.02 Å². The minimum atomic E-state index is 0.292. The van der Waals surface area contributed by atoms with Crippen LogP contribution in [0.25, 0.3) is 0 Å². The lowest BCUT2D eigenvalue weighted by molar-refractivity contribution is 0.528. The van der Waals surface area contributed by atoms with Crippen molar-refractivity contribution < 1.29 is 0 Å². The highest BCUT2D eigenvalue weighted by Gasteiger charge is 2.51. The molecule has 0 saturated heterocycles. The first-order valence-corrected chi connectivity index (χ1v) is 6.40. The Bertz CT molecular complexity index is 375. The van der Waals surface area contributed by atoms with E-state index in [1.807, 2.05) is 12.1 Å². The quantitative estimate of drug-likeness (QED) is 0.844. The van der Waals surface area contributed by atoms with E-state index >= 15 is 0 Å². The molecule has 16 heavy (non-hydrogen) atoms. The molecule has 0 aromatic heterocycles. The van der Waals surface area contributed by atoms with Gasteiger partial charge in [0.05, 0.1) is 0 Å². The van der Waals surface area contributed by atoms with Crippen LogP contribution in [0.5, 0.6) is 0 Å². The van der Waals surface area contributed by atoms with Crippen LogP contribution in [-0.4, -0.2) is 12.6 Å². The molecule has 2 unspecified atom stereocenters. The molecule has 88 valence electrons. The maximum absolute atomic E-state index is 6.26. The van der Waals surface area contributed by atoms with Crippen molar-refractivity contribution in [3.05, 3.63) is 34.9 Å². The minimum Gasteiger partial charge on any atom is -0.314 e. The smallest absolute Gasteiger partial charge is 0.0443 e. The Morgan fingerprint density at radius 1 is 1.44 bits per heavy atom. The van der Waals surface area contributed by atoms with Gasteiger partial charge in [0.25, 0.3) is 0 Å². The molecule has 0 bridgehead atoms. The van der Waals surface area contributed by atoms with E-state index in [4.69, 9.17) is 11.6 Å². The van der Waals surface area contributed by atoms with Crippen LogP contribution in [0.1, 0.15) is 32.8 Å². The van der Waals surface area contributed by atoms with Crippen LogP contribution in [0, 0.1) is 5.92 Å². The summed E-state index contributed by atoms with van der Waals surface area (Å²) in [5.74, 6) is 0.731. The van der Waals surface area contributed by atoms with Gasteiger partial charge < -0.3 is 5.32 Å². The summed E-state index contributed by atoms with van der Waals surface area (Å²) in [5, 5.41) is 4.42. The topological polar surface area (TPSA) is 12.0 Å². The van der Waals surface area contributed by atoms with E-state index in [1.165, 1.54) is 12.0 Å². The molecule has 0 spiro atoms. The minimum absolute atomic E-state index is 0.292. The third-order valence-corrected chi connectivity index (χ3v) is 4.00. The van der Waals surface area contributed by atoms with Gasteiger partial charge in [-0.2, -0.15) is 0 Å². The van der Waals surface area contributed by atoms with E-state index in [2.05, 4.69) is 38.2 Å². The first kappa shape index (κ1) is 11.9. The zero-order valence-electron chi connectivity index (χ0n) is 10.3. The molecule has 0 radical (unpaired) electrons. The fourth-order valence-corrected chi connectivity index (χ4v) is 2.73. The zero-order valence-corrected chi connectivity index (χ0v) is 11.0. The van der Waals surface area contributed by atoms with Gasteiger partial charge in [-0.1, -0.05) is 50.6 Å². The molecule has 1 aliphatic rings. The van der Waals surface area contributed by atoms with Crippen LogP contribution in [-0.2, 0) is 5.41 Å². The number of hydrogen-bond donors (Lipinski definition) is 1. The number of nitrogens with one attached hydrogen (secondary N) is 1. The van der Waals surface area contributed by atoms with E-state index in [0.717, 1.165) is 17.5 Å². The van der Waals surface area contributed by atoms with Crippen molar-refractivity contribution in [3.8, 4) is 0 Å². The van der Waals surface area contributed by atoms with Gasteiger partial charge in [-0.3, -0.25) is 0 Å². The Labute approximate surface area is 103 Å². The molecule has 1 aromatic rings. The number of halogens is 1. The summed E-state index contributed by atoms with van der Waals surface area (Å²) in [4.78, 5) is 0. The first-order chi connectivity index (χ1) is 7.54. The lowest BCUT2D eigenvalue weighted by atomic mass is 9.95. The van der Waals surface area contributed by atoms with Crippen molar-refractivity contribution in [2.24, 2.45) is 5.92 Å². The fraction of sp³-hybridized carbons (Fsp3) is 0.571. The van der Waals surface area contributed by atoms with Crippen LogP contribution < -0.4 is 5.32 Å². The Hall–Kier alpha value is -0.530. The number of benzene rings is 1. The van der Waals surface area contributed by atoms with Crippen molar-refractivity contribution in [2.45, 2.75) is 38.6 Å². The molecule has 2 heteroatoms. The van der Waals surface area contributed by atoms with Gasteiger partial charge >= 0.3 is 0 Å². The van der Waals surface area contributed by atoms with Gasteiger partial charge in [0, 0.05) is 11.1 Å². The van der Waals surface area contributed by atoms with Gasteiger partial charge in [-0.25, -0.2) is 0 Å². The van der Waals surface area contributed by atoms with Gasteiger partial charge in [0.15, 0.2) is 0 Å². The van der Waals surface area contributed by atoms with Gasteiger partial charge in [0.2, 0.25) is 0 Å². The van der Waals surface area contributed by atoms with E-state index in [9.17, 15) is 0 Å². The van der Waals surface area contributed by atoms with E-state index in [0.29, 0.717) is 11.5 Å². The standard InChI is InChI=1S/C14H20ClN/c1-10(2)16-9-11-8-14(11,3)12-6-4-5-7-13(12)15/h4-7,10-11,16H,8-9H2,1-3H3. The second kappa shape index (κ2) is 4.38. The second-order valence-electron chi connectivity index (χ2n) is 5.36. The Morgan fingerprint density at radius 3 is 2.75 bits per heavy atom. The summed E-state index contributed by atoms with van der Waals surface area (Å²) >= 11 is 6.26. The summed E-state index contributed by atoms with van der Waals surface area (Å²) in [6, 6.07) is 8.80. The lowest BCUT2D eigenvalue weighted by Gasteiger charge is -2.15. The number of hydrogen-bond acceptors (Lipinski definition) is 1. The highest BCUT2D eigenvalue weighted by molar-refractivity contribution is 6.31. The second-order valence-corrected chi connectivity index (χ2v) is 5.77. The largest absolute Gasteiger partial charge is 0.314 e. The summed E-state index contributed by atoms with van der Waals surface area (Å²) < 4.78 is 0. The Morgan fingerprint density at radius 2 is 2.12 bits per heavy atom. The highest BCUT2D eigenvalue weighted by Crippen LogP contribution is 2.55. The first-order valence-electron chi connectivity index (χ1n) is 6.02. The number of rotatable bonds is 4. The average molecular weight is 238 g/mol. The molecule has 1 aliphatic carbocycles. The van der Waals surface area contributed by atoms with Gasteiger partial charge in [0.1, 0.15) is 0 Å². The van der Waals surface area contributed by atoms with Gasteiger partial charge in [-0.05, 0) is 35.9 Å². The van der Waals surface area contributed by atoms with Gasteiger partial charge in [-0.15, -0.1) is 0 Å². The molecule has 1 fully saturated rings. The highest BCUT2D eigenvalue weighted by atomic mass is 35.5. The maximum atomic E-state index is 6.26. The Balaban J connectivity index is 2.04. The summed E-state index contributed by atoms with van der Waals surface area (Å²) in [7, 11) is 0. The fourth-order valence-electron chi connectivity index (χ4n) is 2.38. The molecule has 0 amide bonds. The molecule has 0 heterocycles. The molecule has 2 atom stereocenters. The van der Waals surface area contributed by atoms with Crippen molar-refractivity contribution in [2.75, 3.05) is 6.54 Å². The third kappa shape index (κ3) is 2.26. The predicted octanol–water partition coefficient (Wildman–Crippen LogP) is 3.62. The van der Waals surface area contributed by atoms with Crippen molar-refractivity contribution in [1.82, 2.24) is 5.32 Å². The van der Waals surface area contributed by atoms with Crippen LogP contribution >= 0.6 is 11.6 Å².